The highest BCUT2D eigenvalue weighted by Gasteiger charge is 2.15. The Morgan fingerprint density at radius 3 is 2.74 bits per heavy atom. The van der Waals surface area contributed by atoms with Gasteiger partial charge in [-0.1, -0.05) is 30.3 Å². The topological polar surface area (TPSA) is 74.4 Å². The van der Waals surface area contributed by atoms with E-state index in [9.17, 15) is 4.79 Å². The molecule has 1 aromatic heterocycles. The summed E-state index contributed by atoms with van der Waals surface area (Å²) in [5, 5.41) is 0. The normalized spacial score (nSPS) is 9.95. The lowest BCUT2D eigenvalue weighted by molar-refractivity contribution is 0.0594. The highest BCUT2D eigenvalue weighted by Crippen LogP contribution is 2.20. The number of carbonyl (C=O) groups excluding carboxylic acids is 1. The second-order valence-corrected chi connectivity index (χ2v) is 3.89. The van der Waals surface area contributed by atoms with Gasteiger partial charge in [-0.05, 0) is 11.6 Å². The summed E-state index contributed by atoms with van der Waals surface area (Å²) in [6.07, 6.45) is 1.44. The van der Waals surface area contributed by atoms with Gasteiger partial charge in [-0.3, -0.25) is 0 Å². The van der Waals surface area contributed by atoms with Crippen LogP contribution in [0.4, 0.5) is 5.69 Å². The van der Waals surface area contributed by atoms with Gasteiger partial charge in [-0.25, -0.2) is 9.78 Å². The zero-order valence-corrected chi connectivity index (χ0v) is 10.5. The molecule has 5 heteroatoms. The van der Waals surface area contributed by atoms with Gasteiger partial charge in [0, 0.05) is 0 Å². The van der Waals surface area contributed by atoms with E-state index >= 15 is 0 Å². The molecule has 0 fully saturated rings. The maximum absolute atomic E-state index is 11.6. The van der Waals surface area contributed by atoms with Crippen molar-refractivity contribution in [3.63, 3.8) is 0 Å². The van der Waals surface area contributed by atoms with Gasteiger partial charge in [-0.15, -0.1) is 0 Å². The summed E-state index contributed by atoms with van der Waals surface area (Å²) < 4.78 is 10.2. The Kier molecular flexibility index (Phi) is 3.97. The summed E-state index contributed by atoms with van der Waals surface area (Å²) in [5.74, 6) is -0.312. The molecule has 0 aliphatic rings. The molecule has 5 nitrogen and oxygen atoms in total. The highest BCUT2D eigenvalue weighted by atomic mass is 16.5. The molecule has 2 aromatic rings. The van der Waals surface area contributed by atoms with E-state index in [1.807, 2.05) is 30.3 Å². The summed E-state index contributed by atoms with van der Waals surface area (Å²) in [6.45, 7) is 0.321. The first-order valence-corrected chi connectivity index (χ1v) is 5.71. The molecular formula is C14H14N2O3. The van der Waals surface area contributed by atoms with Gasteiger partial charge in [0.1, 0.15) is 12.2 Å². The van der Waals surface area contributed by atoms with Crippen molar-refractivity contribution in [3.8, 4) is 5.88 Å². The van der Waals surface area contributed by atoms with Crippen molar-refractivity contribution in [3.05, 3.63) is 53.7 Å². The number of pyridine rings is 1. The molecule has 0 radical (unpaired) electrons. The minimum absolute atomic E-state index is 0.213. The molecule has 0 aliphatic heterocycles. The third-order valence-corrected chi connectivity index (χ3v) is 2.50. The number of aromatic nitrogens is 1. The Labute approximate surface area is 111 Å². The van der Waals surface area contributed by atoms with Gasteiger partial charge in [0.2, 0.25) is 5.88 Å². The fourth-order valence-electron chi connectivity index (χ4n) is 1.57. The lowest BCUT2D eigenvalue weighted by atomic mass is 10.2. The SMILES string of the molecule is COC(=O)c1cc(N)cnc1OCc1ccccc1. The summed E-state index contributed by atoms with van der Waals surface area (Å²) in [5.41, 5.74) is 7.19. The minimum Gasteiger partial charge on any atom is -0.472 e. The van der Waals surface area contributed by atoms with Gasteiger partial charge < -0.3 is 15.2 Å². The third-order valence-electron chi connectivity index (χ3n) is 2.50. The number of esters is 1. The van der Waals surface area contributed by atoms with Crippen LogP contribution in [0.5, 0.6) is 5.88 Å². The number of nitrogens with zero attached hydrogens (tertiary/aromatic N) is 1. The van der Waals surface area contributed by atoms with Gasteiger partial charge in [-0.2, -0.15) is 0 Å². The first-order chi connectivity index (χ1) is 9.20. The van der Waals surface area contributed by atoms with Crippen LogP contribution in [0.15, 0.2) is 42.6 Å². The van der Waals surface area contributed by atoms with Gasteiger partial charge in [0.15, 0.2) is 0 Å². The van der Waals surface area contributed by atoms with Crippen LogP contribution in [0.3, 0.4) is 0 Å². The number of rotatable bonds is 4. The maximum Gasteiger partial charge on any atom is 0.343 e. The molecular weight excluding hydrogens is 244 g/mol. The van der Waals surface area contributed by atoms with E-state index < -0.39 is 5.97 Å². The number of nitrogens with two attached hydrogens (primary N) is 1. The lowest BCUT2D eigenvalue weighted by Gasteiger charge is -2.09. The van der Waals surface area contributed by atoms with E-state index in [2.05, 4.69) is 9.72 Å². The molecule has 0 unspecified atom stereocenters. The Hall–Kier alpha value is -2.56. The van der Waals surface area contributed by atoms with Crippen molar-refractivity contribution < 1.29 is 14.3 Å². The quantitative estimate of drug-likeness (QED) is 0.849. The lowest BCUT2D eigenvalue weighted by Crippen LogP contribution is -2.08. The van der Waals surface area contributed by atoms with Gasteiger partial charge in [0.05, 0.1) is 19.0 Å². The predicted molar refractivity (Wildman–Crippen MR) is 70.8 cm³/mol. The van der Waals surface area contributed by atoms with E-state index in [4.69, 9.17) is 10.5 Å². The van der Waals surface area contributed by atoms with Crippen molar-refractivity contribution >= 4 is 11.7 Å². The van der Waals surface area contributed by atoms with Crippen LogP contribution in [-0.4, -0.2) is 18.1 Å². The summed E-state index contributed by atoms with van der Waals surface area (Å²) in [7, 11) is 1.30. The molecule has 0 aliphatic carbocycles. The number of carbonyl (C=O) groups is 1. The Morgan fingerprint density at radius 1 is 1.32 bits per heavy atom. The number of benzene rings is 1. The molecule has 1 heterocycles. The molecule has 0 atom stereocenters. The molecule has 0 amide bonds. The highest BCUT2D eigenvalue weighted by molar-refractivity contribution is 5.92. The fourth-order valence-corrected chi connectivity index (χ4v) is 1.57. The Bertz CT molecular complexity index is 570. The minimum atomic E-state index is -0.525. The fraction of sp³-hybridized carbons (Fsp3) is 0.143. The number of anilines is 1. The first kappa shape index (κ1) is 12.9. The Balaban J connectivity index is 2.18. The monoisotopic (exact) mass is 258 g/mol. The van der Waals surface area contributed by atoms with Gasteiger partial charge >= 0.3 is 5.97 Å². The largest absolute Gasteiger partial charge is 0.472 e. The molecule has 2 N–H and O–H groups in total. The molecule has 0 bridgehead atoms. The van der Waals surface area contributed by atoms with Crippen LogP contribution in [-0.2, 0) is 11.3 Å². The number of methoxy groups -OCH3 is 1. The van der Waals surface area contributed by atoms with Crippen LogP contribution in [0, 0.1) is 0 Å². The van der Waals surface area contributed by atoms with Crippen LogP contribution in [0.1, 0.15) is 15.9 Å². The maximum atomic E-state index is 11.6. The van der Waals surface area contributed by atoms with Crippen molar-refractivity contribution in [1.29, 1.82) is 0 Å². The van der Waals surface area contributed by atoms with Crippen LogP contribution >= 0.6 is 0 Å². The zero-order chi connectivity index (χ0) is 13.7. The van der Waals surface area contributed by atoms with Crippen LogP contribution in [0.2, 0.25) is 0 Å². The van der Waals surface area contributed by atoms with E-state index in [1.54, 1.807) is 0 Å². The Morgan fingerprint density at radius 2 is 2.05 bits per heavy atom. The second-order valence-electron chi connectivity index (χ2n) is 3.89. The summed E-state index contributed by atoms with van der Waals surface area (Å²) >= 11 is 0. The first-order valence-electron chi connectivity index (χ1n) is 5.71. The van der Waals surface area contributed by atoms with E-state index in [0.717, 1.165) is 5.56 Å². The molecule has 0 spiro atoms. The predicted octanol–water partition coefficient (Wildman–Crippen LogP) is 2.03. The number of nitrogen functional groups attached to an aromatic ring is 1. The molecule has 0 saturated carbocycles. The molecule has 98 valence electrons. The molecule has 1 aromatic carbocycles. The third kappa shape index (κ3) is 3.22. The van der Waals surface area contributed by atoms with Gasteiger partial charge in [0.25, 0.3) is 0 Å². The standard InChI is InChI=1S/C14H14N2O3/c1-18-14(17)12-7-11(15)8-16-13(12)19-9-10-5-3-2-4-6-10/h2-8H,9,15H2,1H3. The zero-order valence-electron chi connectivity index (χ0n) is 10.5. The van der Waals surface area contributed by atoms with E-state index in [0.29, 0.717) is 12.3 Å². The molecule has 2 rings (SSSR count). The number of ether oxygens (including phenoxy) is 2. The van der Waals surface area contributed by atoms with Crippen molar-refractivity contribution in [2.45, 2.75) is 6.61 Å². The second kappa shape index (κ2) is 5.86. The van der Waals surface area contributed by atoms with E-state index in [1.165, 1.54) is 19.4 Å². The van der Waals surface area contributed by atoms with Crippen LogP contribution < -0.4 is 10.5 Å². The molecule has 0 saturated heterocycles. The van der Waals surface area contributed by atoms with E-state index in [-0.39, 0.29) is 11.4 Å². The smallest absolute Gasteiger partial charge is 0.343 e. The number of hydrogen-bond donors (Lipinski definition) is 1. The van der Waals surface area contributed by atoms with Crippen molar-refractivity contribution in [1.82, 2.24) is 4.98 Å². The number of hydrogen-bond acceptors (Lipinski definition) is 5. The molecule has 19 heavy (non-hydrogen) atoms. The average molecular weight is 258 g/mol. The average Bonchev–Trinajstić information content (AvgIpc) is 2.46. The van der Waals surface area contributed by atoms with Crippen molar-refractivity contribution in [2.75, 3.05) is 12.8 Å². The van der Waals surface area contributed by atoms with Crippen molar-refractivity contribution in [2.24, 2.45) is 0 Å². The summed E-state index contributed by atoms with van der Waals surface area (Å²) in [6, 6.07) is 11.1. The van der Waals surface area contributed by atoms with Crippen LogP contribution in [0.25, 0.3) is 0 Å². The summed E-state index contributed by atoms with van der Waals surface area (Å²) in [4.78, 5) is 15.6.